The van der Waals surface area contributed by atoms with E-state index in [1.807, 2.05) is 104 Å². The van der Waals surface area contributed by atoms with Gasteiger partial charge in [-0.15, -0.1) is 11.3 Å². The molecule has 20 heteroatoms. The third-order valence-electron chi connectivity index (χ3n) is 15.9. The highest BCUT2D eigenvalue weighted by Gasteiger charge is 2.64. The van der Waals surface area contributed by atoms with Crippen LogP contribution in [0.1, 0.15) is 101 Å². The first-order chi connectivity index (χ1) is 36.2. The molecule has 3 aliphatic heterocycles. The summed E-state index contributed by atoms with van der Waals surface area (Å²) < 4.78 is 52.9. The van der Waals surface area contributed by atoms with Gasteiger partial charge >= 0.3 is 6.18 Å². The van der Waals surface area contributed by atoms with E-state index in [0.29, 0.717) is 38.4 Å². The standard InChI is InChI=1S/C57H72F3N9O7S/c1-34(36-10-12-37(13-11-36)46-35(2)63-33-77-46)64-49(73)44-24-41(70)27-69(44)50(74)47(53(3,4)5)65-45(71)28-67-20-22-68(23-21-67)30-56(31-75-32-56)29-62-40-17-14-38(15-18-40)48(72)66-51-54(6,7)52(55(51,8)9)76-42-19-16-39(26-61)43(25-42)57(58,59)60/h10-19,25,33-34,41,44,47,51-52,62,70H,20-24,27-32H2,1-9H3,(H,64,73)(H,65,71)(H,66,72)/t34?,41-,44+,47-,51-,52-/m1/s1. The lowest BCUT2D eigenvalue weighted by molar-refractivity contribution is -0.164. The Bertz CT molecular complexity index is 2820. The molecule has 4 atom stereocenters. The van der Waals surface area contributed by atoms with Gasteiger partial charge in [-0.2, -0.15) is 18.4 Å². The molecular weight excluding hydrogens is 1010 g/mol. The van der Waals surface area contributed by atoms with E-state index in [1.54, 1.807) is 29.5 Å². The summed E-state index contributed by atoms with van der Waals surface area (Å²) in [5.41, 5.74) is 2.33. The lowest BCUT2D eigenvalue weighted by atomic mass is 9.49. The quantitative estimate of drug-likeness (QED) is 0.0724. The number of carbonyl (C=O) groups is 4. The van der Waals surface area contributed by atoms with Crippen LogP contribution in [-0.4, -0.2) is 144 Å². The predicted octanol–water partition coefficient (Wildman–Crippen LogP) is 7.04. The van der Waals surface area contributed by atoms with Gasteiger partial charge in [0.1, 0.15) is 23.9 Å². The highest BCUT2D eigenvalue weighted by molar-refractivity contribution is 7.13. The number of alkyl halides is 3. The van der Waals surface area contributed by atoms with Crippen LogP contribution in [0.25, 0.3) is 10.4 Å². The summed E-state index contributed by atoms with van der Waals surface area (Å²) in [6.45, 7) is 22.5. The van der Waals surface area contributed by atoms with E-state index >= 15 is 0 Å². The molecule has 0 spiro atoms. The van der Waals surface area contributed by atoms with Gasteiger partial charge in [-0.3, -0.25) is 29.0 Å². The van der Waals surface area contributed by atoms with E-state index in [9.17, 15) is 42.7 Å². The second-order valence-electron chi connectivity index (χ2n) is 23.7. The fourth-order valence-electron chi connectivity index (χ4n) is 11.8. The first kappa shape index (κ1) is 57.1. The number of benzene rings is 3. The number of ether oxygens (including phenoxy) is 2. The number of nitriles is 1. The molecule has 0 radical (unpaired) electrons. The Labute approximate surface area is 453 Å². The molecule has 4 heterocycles. The number of thiazole rings is 1. The molecule has 1 saturated carbocycles. The van der Waals surface area contributed by atoms with E-state index in [1.165, 1.54) is 11.0 Å². The molecule has 414 valence electrons. The number of aliphatic hydroxyl groups is 1. The molecule has 4 aromatic rings. The number of anilines is 1. The van der Waals surface area contributed by atoms with Crippen LogP contribution in [0.5, 0.6) is 5.75 Å². The number of piperazine rings is 1. The number of rotatable bonds is 17. The molecule has 5 N–H and O–H groups in total. The van der Waals surface area contributed by atoms with Gasteiger partial charge in [0.2, 0.25) is 17.7 Å². The number of likely N-dealkylation sites (tertiary alicyclic amines) is 1. The predicted molar refractivity (Wildman–Crippen MR) is 287 cm³/mol. The van der Waals surface area contributed by atoms with Crippen molar-refractivity contribution in [2.45, 2.75) is 111 Å². The Morgan fingerprint density at radius 1 is 0.935 bits per heavy atom. The van der Waals surface area contributed by atoms with Gasteiger partial charge in [-0.1, -0.05) is 72.7 Å². The van der Waals surface area contributed by atoms with Gasteiger partial charge in [0, 0.05) is 85.8 Å². The largest absolute Gasteiger partial charge is 0.489 e. The van der Waals surface area contributed by atoms with Gasteiger partial charge in [0.05, 0.1) is 65.2 Å². The Hall–Kier alpha value is -6.11. The van der Waals surface area contributed by atoms with Gasteiger partial charge in [0.25, 0.3) is 5.91 Å². The number of β-amino-alcohol motifs (C(OH)–C–C–N with tert-alkyl or cyclic N) is 1. The second-order valence-corrected chi connectivity index (χ2v) is 24.6. The van der Waals surface area contributed by atoms with E-state index in [4.69, 9.17) is 9.47 Å². The molecule has 4 amide bonds. The van der Waals surface area contributed by atoms with Crippen molar-refractivity contribution in [3.05, 3.63) is 100 Å². The molecule has 8 rings (SSSR count). The minimum Gasteiger partial charge on any atom is -0.489 e. The zero-order chi connectivity index (χ0) is 55.8. The van der Waals surface area contributed by atoms with E-state index in [2.05, 4.69) is 36.1 Å². The summed E-state index contributed by atoms with van der Waals surface area (Å²) in [7, 11) is 0. The van der Waals surface area contributed by atoms with Gasteiger partial charge in [0.15, 0.2) is 0 Å². The van der Waals surface area contributed by atoms with Crippen molar-refractivity contribution in [2.24, 2.45) is 21.7 Å². The number of halogens is 3. The average molecular weight is 1080 g/mol. The number of amides is 4. The van der Waals surface area contributed by atoms with Crippen molar-refractivity contribution < 1.29 is 46.9 Å². The number of nitrogens with zero attached hydrogens (tertiary/aromatic N) is 5. The highest BCUT2D eigenvalue weighted by Crippen LogP contribution is 2.56. The minimum absolute atomic E-state index is 0.000449. The monoisotopic (exact) mass is 1080 g/mol. The maximum Gasteiger partial charge on any atom is 0.417 e. The van der Waals surface area contributed by atoms with Crippen molar-refractivity contribution in [1.82, 2.24) is 35.6 Å². The number of aliphatic hydroxyl groups excluding tert-OH is 1. The van der Waals surface area contributed by atoms with Crippen LogP contribution < -0.4 is 26.0 Å². The molecule has 4 fully saturated rings. The Balaban J connectivity index is 0.784. The van der Waals surface area contributed by atoms with E-state index in [0.717, 1.165) is 59.2 Å². The fourth-order valence-corrected chi connectivity index (χ4v) is 12.6. The van der Waals surface area contributed by atoms with Crippen LogP contribution in [0.15, 0.2) is 72.2 Å². The summed E-state index contributed by atoms with van der Waals surface area (Å²) in [5, 5.41) is 32.7. The maximum atomic E-state index is 14.3. The molecule has 16 nitrogen and oxygen atoms in total. The van der Waals surface area contributed by atoms with Crippen LogP contribution in [0.2, 0.25) is 0 Å². The number of hydrogen-bond donors (Lipinski definition) is 5. The number of aryl methyl sites for hydroxylation is 1. The summed E-state index contributed by atoms with van der Waals surface area (Å²) in [5.74, 6) is -1.35. The minimum atomic E-state index is -4.72. The van der Waals surface area contributed by atoms with Crippen molar-refractivity contribution in [1.29, 1.82) is 5.26 Å². The lowest BCUT2D eigenvalue weighted by Crippen LogP contribution is -2.74. The molecule has 1 aromatic heterocycles. The molecule has 4 aliphatic rings. The SMILES string of the molecule is Cc1ncsc1-c1ccc(C(C)NC(=O)[C@@H]2C[C@@H](O)CN2C(=O)[C@@H](NC(=O)CN2CCN(CC3(CNc4ccc(C(=O)N[C@H]5C(C)(C)[C@H](Oc6ccc(C#N)c(C(F)(F)F)c6)C5(C)C)cc4)COC3)CC2)C(C)(C)C)cc1. The van der Waals surface area contributed by atoms with Crippen LogP contribution in [0.4, 0.5) is 18.9 Å². The lowest BCUT2D eigenvalue weighted by Gasteiger charge is -2.63. The molecule has 1 aliphatic carbocycles. The van der Waals surface area contributed by atoms with Crippen molar-refractivity contribution in [3.63, 3.8) is 0 Å². The number of aromatic nitrogens is 1. The molecule has 77 heavy (non-hydrogen) atoms. The van der Waals surface area contributed by atoms with Crippen molar-refractivity contribution >= 4 is 40.7 Å². The summed E-state index contributed by atoms with van der Waals surface area (Å²) >= 11 is 1.57. The molecule has 3 aromatic carbocycles. The summed E-state index contributed by atoms with van der Waals surface area (Å²) in [6.07, 6.45) is -6.05. The van der Waals surface area contributed by atoms with Crippen molar-refractivity contribution in [2.75, 3.05) is 70.9 Å². The molecule has 1 unspecified atom stereocenters. The molecule has 3 saturated heterocycles. The third-order valence-corrected chi connectivity index (χ3v) is 16.8. The van der Waals surface area contributed by atoms with Crippen LogP contribution >= 0.6 is 11.3 Å². The number of hydrogen-bond acceptors (Lipinski definition) is 13. The van der Waals surface area contributed by atoms with Gasteiger partial charge in [-0.05, 0) is 72.9 Å². The smallest absolute Gasteiger partial charge is 0.417 e. The normalized spacial score (nSPS) is 22.8. The van der Waals surface area contributed by atoms with Crippen LogP contribution in [0.3, 0.4) is 0 Å². The third kappa shape index (κ3) is 12.6. The van der Waals surface area contributed by atoms with Crippen LogP contribution in [0, 0.1) is 39.9 Å². The van der Waals surface area contributed by atoms with E-state index in [-0.39, 0.29) is 60.5 Å². The van der Waals surface area contributed by atoms with Crippen molar-refractivity contribution in [3.8, 4) is 22.3 Å². The topological polar surface area (TPSA) is 201 Å². The highest BCUT2D eigenvalue weighted by atomic mass is 32.1. The average Bonchev–Trinajstić information content (AvgIpc) is 4.09. The zero-order valence-electron chi connectivity index (χ0n) is 45.3. The van der Waals surface area contributed by atoms with Crippen LogP contribution in [-0.2, 0) is 25.3 Å². The zero-order valence-corrected chi connectivity index (χ0v) is 46.2. The molecular formula is C57H72F3N9O7S. The second kappa shape index (κ2) is 22.3. The first-order valence-corrected chi connectivity index (χ1v) is 27.1. The first-order valence-electron chi connectivity index (χ1n) is 26.2. The fraction of sp³-hybridized carbons (Fsp3) is 0.544. The summed E-state index contributed by atoms with van der Waals surface area (Å²) in [6, 6.07) is 17.5. The number of nitrogens with one attached hydrogen (secondary N) is 4. The Morgan fingerprint density at radius 3 is 2.16 bits per heavy atom. The van der Waals surface area contributed by atoms with E-state index < -0.39 is 63.7 Å². The Morgan fingerprint density at radius 2 is 1.58 bits per heavy atom. The Kier molecular flexibility index (Phi) is 16.5. The van der Waals surface area contributed by atoms with Gasteiger partial charge in [-0.25, -0.2) is 4.98 Å². The summed E-state index contributed by atoms with van der Waals surface area (Å²) in [4.78, 5) is 66.7. The van der Waals surface area contributed by atoms with Gasteiger partial charge < -0.3 is 40.7 Å². The number of carbonyl (C=O) groups excluding carboxylic acids is 4. The molecule has 0 bridgehead atoms. The maximum absolute atomic E-state index is 14.3.